The molecule has 1 aromatic carbocycles. The zero-order chi connectivity index (χ0) is 23.1. The van der Waals surface area contributed by atoms with Crippen LogP contribution >= 0.6 is 0 Å². The summed E-state index contributed by atoms with van der Waals surface area (Å²) in [6.45, 7) is 5.79. The Morgan fingerprint density at radius 1 is 1.16 bits per heavy atom. The molecule has 3 aromatic rings. The van der Waals surface area contributed by atoms with Gasteiger partial charge in [-0.3, -0.25) is 0 Å². The molecule has 0 saturated carbocycles. The monoisotopic (exact) mass is 441 g/mol. The van der Waals surface area contributed by atoms with E-state index >= 15 is 0 Å². The molecule has 1 unspecified atom stereocenters. The predicted octanol–water partition coefficient (Wildman–Crippen LogP) is 2.99. The molecule has 32 heavy (non-hydrogen) atoms. The number of carbonyl (C=O) groups is 1. The Bertz CT molecular complexity index is 1070. The van der Waals surface area contributed by atoms with Gasteiger partial charge < -0.3 is 29.7 Å². The molecule has 0 amide bonds. The summed E-state index contributed by atoms with van der Waals surface area (Å²) in [7, 11) is 0. The number of nitrogens with zero attached hydrogens (tertiary/aromatic N) is 2. The van der Waals surface area contributed by atoms with Crippen LogP contribution in [0.15, 0.2) is 36.5 Å². The largest absolute Gasteiger partial charge is 0.492 e. The molecule has 0 saturated heterocycles. The van der Waals surface area contributed by atoms with Crippen LogP contribution in [0.25, 0.3) is 11.0 Å². The molecule has 9 nitrogen and oxygen atoms in total. The first-order valence-electron chi connectivity index (χ1n) is 10.4. The molecule has 0 spiro atoms. The fourth-order valence-corrected chi connectivity index (χ4v) is 3.02. The van der Waals surface area contributed by atoms with Crippen molar-refractivity contribution in [3.63, 3.8) is 0 Å². The van der Waals surface area contributed by atoms with E-state index in [0.717, 1.165) is 0 Å². The van der Waals surface area contributed by atoms with Gasteiger partial charge in [-0.15, -0.1) is 0 Å². The van der Waals surface area contributed by atoms with E-state index in [4.69, 9.17) is 19.3 Å². The summed E-state index contributed by atoms with van der Waals surface area (Å²) in [5.41, 5.74) is 2.65. The number of fused-ring (bicyclic) bond motifs is 1. The quantitative estimate of drug-likeness (QED) is 0.407. The van der Waals surface area contributed by atoms with Gasteiger partial charge in [0, 0.05) is 17.3 Å². The standard InChI is InChI=1S/C23H27N3O6/c1-4-30-20-10-18-21(19(23(29)31-5-2)11-24-22(18)25-14(20)3)26-15-6-8-17(9-7-15)32-13-16(28)12-27/h6-11,16,27-28H,4-5,12-13H2,1-3H3,(H,24,25,26). The normalized spacial score (nSPS) is 11.8. The number of aromatic nitrogens is 2. The zero-order valence-corrected chi connectivity index (χ0v) is 18.3. The van der Waals surface area contributed by atoms with E-state index in [1.165, 1.54) is 6.20 Å². The molecule has 9 heteroatoms. The molecule has 1 atom stereocenters. The van der Waals surface area contributed by atoms with E-state index in [1.54, 1.807) is 31.2 Å². The van der Waals surface area contributed by atoms with Gasteiger partial charge >= 0.3 is 5.97 Å². The Morgan fingerprint density at radius 2 is 1.91 bits per heavy atom. The highest BCUT2D eigenvalue weighted by atomic mass is 16.5. The fourth-order valence-electron chi connectivity index (χ4n) is 3.02. The second kappa shape index (κ2) is 10.7. The molecule has 0 fully saturated rings. The number of aliphatic hydroxyl groups is 2. The first-order chi connectivity index (χ1) is 15.5. The lowest BCUT2D eigenvalue weighted by Crippen LogP contribution is -2.21. The first-order valence-corrected chi connectivity index (χ1v) is 10.4. The maximum Gasteiger partial charge on any atom is 0.341 e. The van der Waals surface area contributed by atoms with Gasteiger partial charge in [0.1, 0.15) is 29.8 Å². The van der Waals surface area contributed by atoms with Crippen molar-refractivity contribution in [2.24, 2.45) is 0 Å². The van der Waals surface area contributed by atoms with Gasteiger partial charge in [-0.25, -0.2) is 14.8 Å². The summed E-state index contributed by atoms with van der Waals surface area (Å²) in [6, 6.07) is 8.79. The minimum Gasteiger partial charge on any atom is -0.492 e. The summed E-state index contributed by atoms with van der Waals surface area (Å²) < 4.78 is 16.3. The molecule has 0 aliphatic carbocycles. The third-order valence-electron chi connectivity index (χ3n) is 4.57. The van der Waals surface area contributed by atoms with E-state index in [2.05, 4.69) is 15.3 Å². The summed E-state index contributed by atoms with van der Waals surface area (Å²) in [4.78, 5) is 21.4. The molecule has 0 radical (unpaired) electrons. The van der Waals surface area contributed by atoms with Crippen LogP contribution in [0.3, 0.4) is 0 Å². The maximum atomic E-state index is 12.6. The summed E-state index contributed by atoms with van der Waals surface area (Å²) >= 11 is 0. The van der Waals surface area contributed by atoms with E-state index in [1.807, 2.05) is 19.9 Å². The lowest BCUT2D eigenvalue weighted by Gasteiger charge is -2.16. The van der Waals surface area contributed by atoms with Crippen molar-refractivity contribution in [2.75, 3.05) is 31.7 Å². The fraction of sp³-hybridized carbons (Fsp3) is 0.348. The Kier molecular flexibility index (Phi) is 7.80. The van der Waals surface area contributed by atoms with Crippen molar-refractivity contribution >= 4 is 28.4 Å². The number of rotatable bonds is 10. The number of pyridine rings is 2. The molecule has 2 aromatic heterocycles. The van der Waals surface area contributed by atoms with Crippen LogP contribution in [0.1, 0.15) is 29.9 Å². The highest BCUT2D eigenvalue weighted by molar-refractivity contribution is 6.05. The molecular formula is C23H27N3O6. The van der Waals surface area contributed by atoms with E-state index in [-0.39, 0.29) is 25.4 Å². The Morgan fingerprint density at radius 3 is 2.56 bits per heavy atom. The zero-order valence-electron chi connectivity index (χ0n) is 18.3. The average Bonchev–Trinajstić information content (AvgIpc) is 2.79. The Labute approximate surface area is 186 Å². The highest BCUT2D eigenvalue weighted by Crippen LogP contribution is 2.33. The molecule has 0 aliphatic rings. The molecule has 170 valence electrons. The number of hydrogen-bond acceptors (Lipinski definition) is 9. The minimum atomic E-state index is -0.946. The molecular weight excluding hydrogens is 414 g/mol. The van der Waals surface area contributed by atoms with Crippen LogP contribution in [0.5, 0.6) is 11.5 Å². The summed E-state index contributed by atoms with van der Waals surface area (Å²) in [5.74, 6) is 0.641. The number of esters is 1. The second-order valence-electron chi connectivity index (χ2n) is 6.94. The Balaban J connectivity index is 1.99. The number of aryl methyl sites for hydroxylation is 1. The summed E-state index contributed by atoms with van der Waals surface area (Å²) in [5, 5.41) is 22.2. The second-order valence-corrected chi connectivity index (χ2v) is 6.94. The average molecular weight is 441 g/mol. The van der Waals surface area contributed by atoms with Gasteiger partial charge in [0.2, 0.25) is 0 Å². The maximum absolute atomic E-state index is 12.6. The van der Waals surface area contributed by atoms with Gasteiger partial charge in [-0.2, -0.15) is 0 Å². The number of ether oxygens (including phenoxy) is 3. The van der Waals surface area contributed by atoms with Crippen molar-refractivity contribution in [3.8, 4) is 11.5 Å². The number of carbonyl (C=O) groups excluding carboxylic acids is 1. The van der Waals surface area contributed by atoms with Crippen molar-refractivity contribution in [3.05, 3.63) is 47.8 Å². The van der Waals surface area contributed by atoms with E-state index < -0.39 is 12.1 Å². The van der Waals surface area contributed by atoms with Gasteiger partial charge in [-0.1, -0.05) is 0 Å². The number of nitrogens with one attached hydrogen (secondary N) is 1. The molecule has 2 heterocycles. The van der Waals surface area contributed by atoms with Crippen LogP contribution < -0.4 is 14.8 Å². The van der Waals surface area contributed by atoms with E-state index in [9.17, 15) is 9.90 Å². The first kappa shape index (κ1) is 23.2. The SMILES string of the molecule is CCOC(=O)c1cnc2nc(C)c(OCC)cc2c1Nc1ccc(OCC(O)CO)cc1. The molecule has 0 bridgehead atoms. The molecule has 0 aliphatic heterocycles. The number of hydrogen-bond donors (Lipinski definition) is 3. The van der Waals surface area contributed by atoms with Crippen LogP contribution in [-0.4, -0.2) is 58.7 Å². The van der Waals surface area contributed by atoms with Crippen molar-refractivity contribution in [2.45, 2.75) is 26.9 Å². The third kappa shape index (κ3) is 5.43. The number of aliphatic hydroxyl groups excluding tert-OH is 2. The number of benzene rings is 1. The lowest BCUT2D eigenvalue weighted by atomic mass is 10.1. The van der Waals surface area contributed by atoms with Gasteiger partial charge in [0.05, 0.1) is 31.2 Å². The van der Waals surface area contributed by atoms with Gasteiger partial charge in [-0.05, 0) is 51.1 Å². The van der Waals surface area contributed by atoms with Crippen LogP contribution in [-0.2, 0) is 4.74 Å². The number of anilines is 2. The van der Waals surface area contributed by atoms with Crippen LogP contribution in [0.4, 0.5) is 11.4 Å². The highest BCUT2D eigenvalue weighted by Gasteiger charge is 2.19. The molecule has 3 rings (SSSR count). The van der Waals surface area contributed by atoms with Gasteiger partial charge in [0.25, 0.3) is 0 Å². The lowest BCUT2D eigenvalue weighted by molar-refractivity contribution is 0.0527. The van der Waals surface area contributed by atoms with Crippen molar-refractivity contribution in [1.29, 1.82) is 0 Å². The Hall–Kier alpha value is -3.43. The van der Waals surface area contributed by atoms with Crippen molar-refractivity contribution in [1.82, 2.24) is 9.97 Å². The molecule has 3 N–H and O–H groups in total. The van der Waals surface area contributed by atoms with E-state index in [0.29, 0.717) is 46.2 Å². The topological polar surface area (TPSA) is 123 Å². The summed E-state index contributed by atoms with van der Waals surface area (Å²) in [6.07, 6.45) is 0.502. The van der Waals surface area contributed by atoms with Gasteiger partial charge in [0.15, 0.2) is 5.65 Å². The van der Waals surface area contributed by atoms with Crippen molar-refractivity contribution < 1.29 is 29.2 Å². The van der Waals surface area contributed by atoms with Crippen LogP contribution in [0.2, 0.25) is 0 Å². The smallest absolute Gasteiger partial charge is 0.341 e. The predicted molar refractivity (Wildman–Crippen MR) is 120 cm³/mol. The van der Waals surface area contributed by atoms with Crippen LogP contribution in [0, 0.1) is 6.92 Å². The minimum absolute atomic E-state index is 0.0174. The third-order valence-corrected chi connectivity index (χ3v) is 4.57.